The van der Waals surface area contributed by atoms with E-state index in [4.69, 9.17) is 23.2 Å². The average molecular weight is 385 g/mol. The topological polar surface area (TPSA) is 40.6 Å². The molecule has 0 atom stereocenters. The molecule has 1 aliphatic rings. The van der Waals surface area contributed by atoms with Crippen molar-refractivity contribution in [3.8, 4) is 0 Å². The first-order valence-electron chi connectivity index (χ1n) is 7.69. The largest absolute Gasteiger partial charge is 0.296 e. The van der Waals surface area contributed by atoms with Gasteiger partial charge in [0.05, 0.1) is 4.90 Å². The molecule has 0 aromatic heterocycles. The fourth-order valence-electron chi connectivity index (χ4n) is 2.78. The van der Waals surface area contributed by atoms with E-state index in [2.05, 4.69) is 4.90 Å². The molecule has 1 heterocycles. The molecule has 4 nitrogen and oxygen atoms in total. The Balaban J connectivity index is 1.66. The van der Waals surface area contributed by atoms with Crippen molar-refractivity contribution in [2.24, 2.45) is 0 Å². The van der Waals surface area contributed by atoms with E-state index in [1.54, 1.807) is 24.3 Å². The third-order valence-electron chi connectivity index (χ3n) is 4.16. The fraction of sp³-hybridized carbons (Fsp3) is 0.294. The molecule has 0 bridgehead atoms. The highest BCUT2D eigenvalue weighted by molar-refractivity contribution is 7.89. The number of hydrogen-bond donors (Lipinski definition) is 0. The first-order valence-corrected chi connectivity index (χ1v) is 9.88. The highest BCUT2D eigenvalue weighted by atomic mass is 35.5. The minimum absolute atomic E-state index is 0.340. The molecule has 1 saturated heterocycles. The molecule has 0 N–H and O–H groups in total. The minimum atomic E-state index is -3.42. The van der Waals surface area contributed by atoms with Gasteiger partial charge >= 0.3 is 0 Å². The van der Waals surface area contributed by atoms with E-state index in [1.165, 1.54) is 4.31 Å². The normalized spacial score (nSPS) is 17.1. The van der Waals surface area contributed by atoms with Crippen LogP contribution in [0.3, 0.4) is 0 Å². The second-order valence-corrected chi connectivity index (χ2v) is 8.45. The maximum Gasteiger partial charge on any atom is 0.243 e. The standard InChI is InChI=1S/C17H18Cl2N2O2S/c18-16-7-4-8-17(19)15(16)13-20-9-11-21(12-10-20)24(22,23)14-5-2-1-3-6-14/h1-8H,9-13H2. The molecule has 1 aliphatic heterocycles. The summed E-state index contributed by atoms with van der Waals surface area (Å²) >= 11 is 12.4. The summed E-state index contributed by atoms with van der Waals surface area (Å²) in [6, 6.07) is 14.0. The summed E-state index contributed by atoms with van der Waals surface area (Å²) in [5.74, 6) is 0. The van der Waals surface area contributed by atoms with Crippen LogP contribution < -0.4 is 0 Å². The minimum Gasteiger partial charge on any atom is -0.296 e. The van der Waals surface area contributed by atoms with Gasteiger partial charge in [-0.05, 0) is 24.3 Å². The number of nitrogens with zero attached hydrogens (tertiary/aromatic N) is 2. The van der Waals surface area contributed by atoms with E-state index in [9.17, 15) is 8.42 Å². The molecule has 0 radical (unpaired) electrons. The van der Waals surface area contributed by atoms with Crippen molar-refractivity contribution in [3.05, 3.63) is 64.1 Å². The Morgan fingerprint density at radius 2 is 1.42 bits per heavy atom. The molecule has 1 fully saturated rings. The van der Waals surface area contributed by atoms with Crippen LogP contribution in [0, 0.1) is 0 Å². The number of halogens is 2. The van der Waals surface area contributed by atoms with E-state index in [1.807, 2.05) is 24.3 Å². The number of hydrogen-bond acceptors (Lipinski definition) is 3. The third-order valence-corrected chi connectivity index (χ3v) is 6.78. The molecule has 0 spiro atoms. The van der Waals surface area contributed by atoms with Gasteiger partial charge in [-0.2, -0.15) is 4.31 Å². The van der Waals surface area contributed by atoms with Crippen molar-refractivity contribution in [3.63, 3.8) is 0 Å². The van der Waals surface area contributed by atoms with E-state index in [0.29, 0.717) is 47.7 Å². The Bertz CT molecular complexity index is 784. The summed E-state index contributed by atoms with van der Waals surface area (Å²) in [6.07, 6.45) is 0. The van der Waals surface area contributed by atoms with Crippen molar-refractivity contribution in [2.75, 3.05) is 26.2 Å². The molecule has 0 aliphatic carbocycles. The molecular weight excluding hydrogens is 367 g/mol. The molecule has 0 amide bonds. The van der Waals surface area contributed by atoms with Gasteiger partial charge in [-0.15, -0.1) is 0 Å². The Morgan fingerprint density at radius 3 is 2.00 bits per heavy atom. The van der Waals surface area contributed by atoms with E-state index >= 15 is 0 Å². The molecule has 3 rings (SSSR count). The molecule has 128 valence electrons. The number of rotatable bonds is 4. The lowest BCUT2D eigenvalue weighted by molar-refractivity contribution is 0.181. The summed E-state index contributed by atoms with van der Waals surface area (Å²) < 4.78 is 26.8. The fourth-order valence-corrected chi connectivity index (χ4v) is 4.74. The van der Waals surface area contributed by atoms with Gasteiger partial charge in [0.1, 0.15) is 0 Å². The monoisotopic (exact) mass is 384 g/mol. The highest BCUT2D eigenvalue weighted by Gasteiger charge is 2.28. The van der Waals surface area contributed by atoms with Crippen LogP contribution in [0.4, 0.5) is 0 Å². The molecule has 0 saturated carbocycles. The van der Waals surface area contributed by atoms with Gasteiger partial charge in [0.25, 0.3) is 0 Å². The second kappa shape index (κ2) is 7.42. The quantitative estimate of drug-likeness (QED) is 0.809. The molecule has 7 heteroatoms. The molecule has 0 unspecified atom stereocenters. The van der Waals surface area contributed by atoms with Gasteiger partial charge in [-0.25, -0.2) is 8.42 Å². The summed E-state index contributed by atoms with van der Waals surface area (Å²) in [4.78, 5) is 2.51. The van der Waals surface area contributed by atoms with Gasteiger partial charge in [0.2, 0.25) is 10.0 Å². The van der Waals surface area contributed by atoms with Gasteiger partial charge < -0.3 is 0 Å². The zero-order valence-corrected chi connectivity index (χ0v) is 15.4. The van der Waals surface area contributed by atoms with Gasteiger partial charge in [-0.1, -0.05) is 47.5 Å². The lowest BCUT2D eigenvalue weighted by Crippen LogP contribution is -2.48. The average Bonchev–Trinajstić information content (AvgIpc) is 2.59. The van der Waals surface area contributed by atoms with Crippen LogP contribution >= 0.6 is 23.2 Å². The van der Waals surface area contributed by atoms with Crippen LogP contribution in [0.2, 0.25) is 10.0 Å². The predicted octanol–water partition coefficient (Wildman–Crippen LogP) is 3.50. The van der Waals surface area contributed by atoms with Crippen molar-refractivity contribution < 1.29 is 8.42 Å². The van der Waals surface area contributed by atoms with Crippen LogP contribution in [0.1, 0.15) is 5.56 Å². The van der Waals surface area contributed by atoms with Crippen LogP contribution in [0.5, 0.6) is 0 Å². The van der Waals surface area contributed by atoms with Gasteiger partial charge in [0, 0.05) is 48.3 Å². The Morgan fingerprint density at radius 1 is 0.833 bits per heavy atom. The van der Waals surface area contributed by atoms with Gasteiger partial charge in [0.15, 0.2) is 0 Å². The summed E-state index contributed by atoms with van der Waals surface area (Å²) in [6.45, 7) is 2.83. The summed E-state index contributed by atoms with van der Waals surface area (Å²) in [5, 5.41) is 1.28. The lowest BCUT2D eigenvalue weighted by atomic mass is 10.2. The number of sulfonamides is 1. The number of piperazine rings is 1. The van der Waals surface area contributed by atoms with Crippen LogP contribution in [0.15, 0.2) is 53.4 Å². The predicted molar refractivity (Wildman–Crippen MR) is 96.9 cm³/mol. The van der Waals surface area contributed by atoms with Crippen molar-refractivity contribution in [1.29, 1.82) is 0 Å². The molecule has 24 heavy (non-hydrogen) atoms. The zero-order chi connectivity index (χ0) is 17.2. The van der Waals surface area contributed by atoms with E-state index < -0.39 is 10.0 Å². The van der Waals surface area contributed by atoms with Gasteiger partial charge in [-0.3, -0.25) is 4.90 Å². The Kier molecular flexibility index (Phi) is 5.47. The van der Waals surface area contributed by atoms with Crippen LogP contribution in [-0.2, 0) is 16.6 Å². The van der Waals surface area contributed by atoms with Crippen LogP contribution in [0.25, 0.3) is 0 Å². The number of benzene rings is 2. The molecular formula is C17H18Cl2N2O2S. The second-order valence-electron chi connectivity index (χ2n) is 5.69. The lowest BCUT2D eigenvalue weighted by Gasteiger charge is -2.34. The van der Waals surface area contributed by atoms with Crippen molar-refractivity contribution >= 4 is 33.2 Å². The Labute approximate surface area is 152 Å². The maximum atomic E-state index is 12.6. The van der Waals surface area contributed by atoms with Crippen molar-refractivity contribution in [2.45, 2.75) is 11.4 Å². The maximum absolute atomic E-state index is 12.6. The SMILES string of the molecule is O=S(=O)(c1ccccc1)N1CCN(Cc2c(Cl)cccc2Cl)CC1. The smallest absolute Gasteiger partial charge is 0.243 e. The van der Waals surface area contributed by atoms with E-state index in [0.717, 1.165) is 5.56 Å². The molecule has 2 aromatic carbocycles. The first kappa shape index (κ1) is 17.7. The van der Waals surface area contributed by atoms with Crippen molar-refractivity contribution in [1.82, 2.24) is 9.21 Å². The third kappa shape index (κ3) is 3.76. The zero-order valence-electron chi connectivity index (χ0n) is 13.0. The highest BCUT2D eigenvalue weighted by Crippen LogP contribution is 2.26. The Hall–Kier alpha value is -1.11. The summed E-state index contributed by atoms with van der Waals surface area (Å²) in [7, 11) is -3.42. The first-order chi connectivity index (χ1) is 11.5. The summed E-state index contributed by atoms with van der Waals surface area (Å²) in [5.41, 5.74) is 0.889. The van der Waals surface area contributed by atoms with E-state index in [-0.39, 0.29) is 0 Å². The molecule has 2 aromatic rings. The van der Waals surface area contributed by atoms with Crippen LogP contribution in [-0.4, -0.2) is 43.8 Å².